The number of hydrogen-bond acceptors (Lipinski definition) is 9. The molecule has 190 valence electrons. The second-order valence-electron chi connectivity index (χ2n) is 8.71. The van der Waals surface area contributed by atoms with E-state index in [1.54, 1.807) is 19.1 Å². The Morgan fingerprint density at radius 3 is 2.57 bits per heavy atom. The van der Waals surface area contributed by atoms with Gasteiger partial charge in [0.05, 0.1) is 26.4 Å². The number of phenolic OH excluding ortho intramolecular Hbond substituents is 1. The molecule has 9 heteroatoms. The first-order chi connectivity index (χ1) is 16.7. The van der Waals surface area contributed by atoms with Crippen LogP contribution >= 0.6 is 0 Å². The van der Waals surface area contributed by atoms with Crippen molar-refractivity contribution in [3.8, 4) is 11.5 Å². The largest absolute Gasteiger partial charge is 0.504 e. The molecule has 0 saturated carbocycles. The van der Waals surface area contributed by atoms with Crippen LogP contribution in [-0.2, 0) is 28.6 Å². The van der Waals surface area contributed by atoms with Crippen LogP contribution in [0.4, 0.5) is 0 Å². The molecule has 1 aromatic rings. The zero-order valence-electron chi connectivity index (χ0n) is 20.8. The van der Waals surface area contributed by atoms with Crippen LogP contribution in [0.3, 0.4) is 0 Å². The fourth-order valence-corrected chi connectivity index (χ4v) is 4.68. The van der Waals surface area contributed by atoms with E-state index in [2.05, 4.69) is 5.32 Å². The van der Waals surface area contributed by atoms with Crippen LogP contribution in [0.15, 0.2) is 40.7 Å². The number of methoxy groups -OCH3 is 2. The molecule has 0 fully saturated rings. The molecule has 0 amide bonds. The monoisotopic (exact) mass is 487 g/mol. The minimum atomic E-state index is -0.986. The zero-order valence-corrected chi connectivity index (χ0v) is 20.8. The van der Waals surface area contributed by atoms with E-state index in [1.165, 1.54) is 20.3 Å². The number of rotatable bonds is 9. The van der Waals surface area contributed by atoms with Gasteiger partial charge >= 0.3 is 11.9 Å². The molecule has 35 heavy (non-hydrogen) atoms. The molecule has 0 bridgehead atoms. The van der Waals surface area contributed by atoms with Crippen molar-refractivity contribution in [1.29, 1.82) is 0 Å². The summed E-state index contributed by atoms with van der Waals surface area (Å²) in [6, 6.07) is 4.65. The van der Waals surface area contributed by atoms with Gasteiger partial charge in [-0.15, -0.1) is 0 Å². The minimum Gasteiger partial charge on any atom is -0.504 e. The summed E-state index contributed by atoms with van der Waals surface area (Å²) in [5.74, 6) is -3.58. The van der Waals surface area contributed by atoms with Gasteiger partial charge in [0.15, 0.2) is 17.3 Å². The van der Waals surface area contributed by atoms with Crippen molar-refractivity contribution in [3.63, 3.8) is 0 Å². The van der Waals surface area contributed by atoms with Crippen molar-refractivity contribution in [2.75, 3.05) is 34.0 Å². The molecule has 1 aliphatic heterocycles. The summed E-state index contributed by atoms with van der Waals surface area (Å²) in [6.45, 7) is 6.44. The van der Waals surface area contributed by atoms with Gasteiger partial charge in [0, 0.05) is 29.5 Å². The predicted octanol–water partition coefficient (Wildman–Crippen LogP) is 2.98. The summed E-state index contributed by atoms with van der Waals surface area (Å²) < 4.78 is 21.1. The van der Waals surface area contributed by atoms with Crippen molar-refractivity contribution in [1.82, 2.24) is 5.32 Å². The van der Waals surface area contributed by atoms with Crippen LogP contribution in [0, 0.1) is 11.8 Å². The molecule has 1 aromatic carbocycles. The maximum Gasteiger partial charge on any atom is 0.336 e. The van der Waals surface area contributed by atoms with Gasteiger partial charge in [-0.1, -0.05) is 19.9 Å². The highest BCUT2D eigenvalue weighted by atomic mass is 16.6. The van der Waals surface area contributed by atoms with Gasteiger partial charge in [0.1, 0.15) is 12.5 Å². The number of allylic oxidation sites excluding steroid dienone is 3. The van der Waals surface area contributed by atoms with Crippen LogP contribution in [0.5, 0.6) is 11.5 Å². The van der Waals surface area contributed by atoms with Gasteiger partial charge in [0.25, 0.3) is 0 Å². The zero-order chi connectivity index (χ0) is 25.7. The number of hydrogen-bond donors (Lipinski definition) is 2. The SMILES string of the molecule is CCCOCCOC(=O)C1=C(C)NC2=C(C(=O)C(C(=O)OC)C(C)C2)C1c1ccc(O)c(OC)c1. The van der Waals surface area contributed by atoms with Crippen LogP contribution in [0.25, 0.3) is 0 Å². The summed E-state index contributed by atoms with van der Waals surface area (Å²) in [5.41, 5.74) is 2.31. The molecule has 2 N–H and O–H groups in total. The highest BCUT2D eigenvalue weighted by Gasteiger charge is 2.47. The number of phenols is 1. The molecule has 9 nitrogen and oxygen atoms in total. The summed E-state index contributed by atoms with van der Waals surface area (Å²) in [6.07, 6.45) is 1.28. The third kappa shape index (κ3) is 5.35. The van der Waals surface area contributed by atoms with Crippen molar-refractivity contribution in [2.45, 2.75) is 39.5 Å². The van der Waals surface area contributed by atoms with Gasteiger partial charge in [-0.05, 0) is 43.4 Å². The van der Waals surface area contributed by atoms with E-state index in [0.29, 0.717) is 35.6 Å². The van der Waals surface area contributed by atoms with Crippen molar-refractivity contribution >= 4 is 17.7 Å². The normalized spacial score (nSPS) is 21.9. The van der Waals surface area contributed by atoms with Gasteiger partial charge in [-0.25, -0.2) is 4.79 Å². The van der Waals surface area contributed by atoms with Crippen molar-refractivity contribution in [2.24, 2.45) is 11.8 Å². The molecule has 1 aliphatic carbocycles. The maximum atomic E-state index is 13.7. The number of esters is 2. The third-order valence-electron chi connectivity index (χ3n) is 6.31. The number of carbonyl (C=O) groups is 3. The van der Waals surface area contributed by atoms with Gasteiger partial charge in [0.2, 0.25) is 0 Å². The second-order valence-corrected chi connectivity index (χ2v) is 8.71. The molecule has 0 aromatic heterocycles. The van der Waals surface area contributed by atoms with Gasteiger partial charge in [-0.2, -0.15) is 0 Å². The summed E-state index contributed by atoms with van der Waals surface area (Å²) >= 11 is 0. The summed E-state index contributed by atoms with van der Waals surface area (Å²) in [7, 11) is 2.67. The Kier molecular flexibility index (Phi) is 8.56. The predicted molar refractivity (Wildman–Crippen MR) is 127 cm³/mol. The lowest BCUT2D eigenvalue weighted by atomic mass is 9.69. The number of aromatic hydroxyl groups is 1. The smallest absolute Gasteiger partial charge is 0.336 e. The first kappa shape index (κ1) is 26.3. The van der Waals surface area contributed by atoms with Crippen LogP contribution < -0.4 is 10.1 Å². The van der Waals surface area contributed by atoms with Crippen molar-refractivity contribution in [3.05, 3.63) is 46.3 Å². The van der Waals surface area contributed by atoms with E-state index in [9.17, 15) is 19.5 Å². The van der Waals surface area contributed by atoms with E-state index in [4.69, 9.17) is 18.9 Å². The number of ether oxygens (including phenoxy) is 4. The maximum absolute atomic E-state index is 13.7. The molecule has 0 radical (unpaired) electrons. The quantitative estimate of drug-likeness (QED) is 0.308. The molecular weight excluding hydrogens is 454 g/mol. The Bertz CT molecular complexity index is 1060. The van der Waals surface area contributed by atoms with Gasteiger partial charge < -0.3 is 29.4 Å². The number of nitrogens with one attached hydrogen (secondary N) is 1. The standard InChI is InChI=1S/C26H33NO8/c1-6-9-34-10-11-35-26(31)21-15(3)27-17-12-14(2)20(25(30)33-5)24(29)23(17)22(21)16-7-8-18(28)19(13-16)32-4/h7-8,13-14,20,22,27-28H,6,9-12H2,1-5H3. The average Bonchev–Trinajstić information content (AvgIpc) is 2.83. The Morgan fingerprint density at radius 2 is 1.91 bits per heavy atom. The molecule has 3 unspecified atom stereocenters. The number of Topliss-reactive ketones (excluding diaryl/α,β-unsaturated/α-hetero) is 1. The Labute approximate surface area is 205 Å². The highest BCUT2D eigenvalue weighted by Crippen LogP contribution is 2.46. The molecule has 0 spiro atoms. The number of carbonyl (C=O) groups excluding carboxylic acids is 3. The molecule has 3 rings (SSSR count). The Morgan fingerprint density at radius 1 is 1.17 bits per heavy atom. The Hall–Kier alpha value is -3.33. The third-order valence-corrected chi connectivity index (χ3v) is 6.31. The number of benzene rings is 1. The number of dihydropyridines is 1. The lowest BCUT2D eigenvalue weighted by molar-refractivity contribution is -0.151. The summed E-state index contributed by atoms with van der Waals surface area (Å²) in [5, 5.41) is 13.3. The fourth-order valence-electron chi connectivity index (χ4n) is 4.68. The lowest BCUT2D eigenvalue weighted by Crippen LogP contribution is -2.43. The van der Waals surface area contributed by atoms with E-state index in [-0.39, 0.29) is 36.2 Å². The lowest BCUT2D eigenvalue weighted by Gasteiger charge is -2.38. The number of ketones is 1. The fraction of sp³-hybridized carbons (Fsp3) is 0.500. The molecule has 0 saturated heterocycles. The highest BCUT2D eigenvalue weighted by molar-refractivity contribution is 6.12. The first-order valence-corrected chi connectivity index (χ1v) is 11.7. The first-order valence-electron chi connectivity index (χ1n) is 11.7. The molecular formula is C26H33NO8. The van der Waals surface area contributed by atoms with E-state index >= 15 is 0 Å². The van der Waals surface area contributed by atoms with Crippen LogP contribution in [0.2, 0.25) is 0 Å². The molecule has 2 aliphatic rings. The van der Waals surface area contributed by atoms with Crippen LogP contribution in [-0.4, -0.2) is 56.9 Å². The van der Waals surface area contributed by atoms with E-state index in [1.807, 2.05) is 13.8 Å². The minimum absolute atomic E-state index is 0.0584. The van der Waals surface area contributed by atoms with Crippen molar-refractivity contribution < 1.29 is 38.4 Å². The Balaban J connectivity index is 2.07. The summed E-state index contributed by atoms with van der Waals surface area (Å²) in [4.78, 5) is 39.5. The van der Waals surface area contributed by atoms with E-state index in [0.717, 1.165) is 6.42 Å². The average molecular weight is 488 g/mol. The molecule has 3 atom stereocenters. The topological polar surface area (TPSA) is 120 Å². The van der Waals surface area contributed by atoms with Gasteiger partial charge in [-0.3, -0.25) is 9.59 Å². The van der Waals surface area contributed by atoms with E-state index < -0.39 is 29.6 Å². The van der Waals surface area contributed by atoms with Crippen LogP contribution in [0.1, 0.15) is 45.1 Å². The second kappa shape index (κ2) is 11.4. The molecule has 1 heterocycles.